The number of nitrogens with one attached hydrogen (secondary N) is 1. The van der Waals surface area contributed by atoms with E-state index in [4.69, 9.17) is 19.3 Å². The lowest BCUT2D eigenvalue weighted by atomic mass is 10.1. The minimum absolute atomic E-state index is 0.232. The molecule has 1 aromatic carbocycles. The Kier molecular flexibility index (Phi) is 6.58. The van der Waals surface area contributed by atoms with Gasteiger partial charge in [-0.25, -0.2) is 0 Å². The van der Waals surface area contributed by atoms with Gasteiger partial charge in [-0.1, -0.05) is 0 Å². The van der Waals surface area contributed by atoms with Crippen molar-refractivity contribution in [2.24, 2.45) is 0 Å². The number of ether oxygens (including phenoxy) is 3. The number of aliphatic hydroxyl groups excluding tert-OH is 2. The van der Waals surface area contributed by atoms with Crippen molar-refractivity contribution in [1.29, 1.82) is 0 Å². The third kappa shape index (κ3) is 4.36. The molecule has 1 unspecified atom stereocenters. The summed E-state index contributed by atoms with van der Waals surface area (Å²) in [5.41, 5.74) is 1.51. The van der Waals surface area contributed by atoms with E-state index in [1.54, 1.807) is 33.5 Å². The van der Waals surface area contributed by atoms with Crippen LogP contribution < -0.4 is 10.1 Å². The van der Waals surface area contributed by atoms with E-state index in [0.717, 1.165) is 11.3 Å². The van der Waals surface area contributed by atoms with Gasteiger partial charge in [0.1, 0.15) is 5.75 Å². The van der Waals surface area contributed by atoms with Crippen LogP contribution in [-0.4, -0.2) is 50.8 Å². The maximum absolute atomic E-state index is 9.36. The van der Waals surface area contributed by atoms with Crippen molar-refractivity contribution < 1.29 is 24.4 Å². The van der Waals surface area contributed by atoms with Crippen LogP contribution in [0.5, 0.6) is 5.75 Å². The normalized spacial score (nSPS) is 12.5. The Labute approximate surface area is 112 Å². The van der Waals surface area contributed by atoms with E-state index >= 15 is 0 Å². The molecule has 0 heterocycles. The van der Waals surface area contributed by atoms with E-state index < -0.39 is 12.4 Å². The molecule has 0 aliphatic carbocycles. The first-order valence-electron chi connectivity index (χ1n) is 5.92. The van der Waals surface area contributed by atoms with Crippen molar-refractivity contribution in [3.63, 3.8) is 0 Å². The monoisotopic (exact) mass is 271 g/mol. The number of anilines is 1. The van der Waals surface area contributed by atoms with Crippen molar-refractivity contribution in [3.8, 4) is 5.75 Å². The largest absolute Gasteiger partial charge is 0.497 e. The molecule has 1 atom stereocenters. The quantitative estimate of drug-likeness (QED) is 0.606. The average Bonchev–Trinajstić information content (AvgIpc) is 2.46. The van der Waals surface area contributed by atoms with Crippen LogP contribution in [0.2, 0.25) is 0 Å². The molecule has 0 bridgehead atoms. The second-order valence-corrected chi connectivity index (χ2v) is 3.97. The van der Waals surface area contributed by atoms with Gasteiger partial charge in [0.15, 0.2) is 6.29 Å². The Morgan fingerprint density at radius 2 is 1.89 bits per heavy atom. The highest BCUT2D eigenvalue weighted by Crippen LogP contribution is 2.29. The molecule has 108 valence electrons. The van der Waals surface area contributed by atoms with E-state index in [1.165, 1.54) is 0 Å². The molecule has 0 aliphatic rings. The average molecular weight is 271 g/mol. The van der Waals surface area contributed by atoms with Crippen LogP contribution >= 0.6 is 0 Å². The van der Waals surface area contributed by atoms with Gasteiger partial charge in [0.2, 0.25) is 0 Å². The van der Waals surface area contributed by atoms with Gasteiger partial charge in [-0.3, -0.25) is 0 Å². The second-order valence-electron chi connectivity index (χ2n) is 3.97. The van der Waals surface area contributed by atoms with Gasteiger partial charge in [0.05, 0.1) is 19.8 Å². The molecule has 0 aromatic heterocycles. The summed E-state index contributed by atoms with van der Waals surface area (Å²) in [6, 6.07) is 5.40. The van der Waals surface area contributed by atoms with Crippen molar-refractivity contribution in [1.82, 2.24) is 0 Å². The number of benzene rings is 1. The van der Waals surface area contributed by atoms with Crippen LogP contribution in [0, 0.1) is 0 Å². The van der Waals surface area contributed by atoms with Crippen molar-refractivity contribution >= 4 is 5.69 Å². The third-order valence-corrected chi connectivity index (χ3v) is 2.68. The van der Waals surface area contributed by atoms with Crippen LogP contribution in [-0.2, 0) is 9.47 Å². The summed E-state index contributed by atoms with van der Waals surface area (Å²) in [6.45, 7) is -0.0630. The number of hydrogen-bond donors (Lipinski definition) is 3. The maximum atomic E-state index is 9.36. The molecule has 1 aromatic rings. The lowest BCUT2D eigenvalue weighted by molar-refractivity contribution is -0.105. The first-order valence-corrected chi connectivity index (χ1v) is 5.92. The molecule has 0 aliphatic heterocycles. The van der Waals surface area contributed by atoms with Gasteiger partial charge in [-0.05, 0) is 18.2 Å². The zero-order valence-corrected chi connectivity index (χ0v) is 11.4. The molecule has 6 heteroatoms. The zero-order chi connectivity index (χ0) is 14.3. The van der Waals surface area contributed by atoms with Gasteiger partial charge < -0.3 is 29.7 Å². The number of hydrogen-bond acceptors (Lipinski definition) is 6. The molecule has 0 amide bonds. The molecule has 0 radical (unpaired) electrons. The summed E-state index contributed by atoms with van der Waals surface area (Å²) >= 11 is 0. The fraction of sp³-hybridized carbons (Fsp3) is 0.538. The molecule has 0 fully saturated rings. The van der Waals surface area contributed by atoms with E-state index in [0.29, 0.717) is 5.75 Å². The number of methoxy groups -OCH3 is 3. The fourth-order valence-corrected chi connectivity index (χ4v) is 1.67. The molecule has 19 heavy (non-hydrogen) atoms. The highest BCUT2D eigenvalue weighted by atomic mass is 16.7. The highest BCUT2D eigenvalue weighted by Gasteiger charge is 2.16. The van der Waals surface area contributed by atoms with Gasteiger partial charge >= 0.3 is 0 Å². The van der Waals surface area contributed by atoms with E-state index in [-0.39, 0.29) is 13.2 Å². The van der Waals surface area contributed by atoms with Gasteiger partial charge in [-0.2, -0.15) is 0 Å². The minimum atomic E-state index is -0.821. The Morgan fingerprint density at radius 1 is 1.21 bits per heavy atom. The van der Waals surface area contributed by atoms with Gasteiger partial charge in [0, 0.05) is 32.0 Å². The predicted molar refractivity (Wildman–Crippen MR) is 71.3 cm³/mol. The second kappa shape index (κ2) is 7.96. The molecule has 3 N–H and O–H groups in total. The molecule has 6 nitrogen and oxygen atoms in total. The molecular weight excluding hydrogens is 250 g/mol. The Bertz CT molecular complexity index is 381. The van der Waals surface area contributed by atoms with Gasteiger partial charge in [0.25, 0.3) is 0 Å². The van der Waals surface area contributed by atoms with Crippen molar-refractivity contribution in [2.45, 2.75) is 12.4 Å². The summed E-state index contributed by atoms with van der Waals surface area (Å²) in [4.78, 5) is 0. The summed E-state index contributed by atoms with van der Waals surface area (Å²) in [7, 11) is 4.66. The lowest BCUT2D eigenvalue weighted by Crippen LogP contribution is -2.23. The first-order chi connectivity index (χ1) is 9.15. The van der Waals surface area contributed by atoms with Crippen LogP contribution in [0.4, 0.5) is 5.69 Å². The van der Waals surface area contributed by atoms with E-state index in [9.17, 15) is 5.11 Å². The van der Waals surface area contributed by atoms with E-state index in [1.807, 2.05) is 6.07 Å². The highest BCUT2D eigenvalue weighted by molar-refractivity contribution is 5.55. The lowest BCUT2D eigenvalue weighted by Gasteiger charge is -2.20. The molecule has 0 spiro atoms. The smallest absolute Gasteiger partial charge is 0.185 e. The number of aliphatic hydroxyl groups is 2. The molecule has 0 saturated carbocycles. The summed E-state index contributed by atoms with van der Waals surface area (Å²) in [6.07, 6.45) is -1.36. The molecule has 0 saturated heterocycles. The Hall–Kier alpha value is -1.34. The topological polar surface area (TPSA) is 80.2 Å². The van der Waals surface area contributed by atoms with Crippen molar-refractivity contribution in [3.05, 3.63) is 23.8 Å². The first kappa shape index (κ1) is 15.7. The Balaban J connectivity index is 2.94. The zero-order valence-electron chi connectivity index (χ0n) is 11.4. The van der Waals surface area contributed by atoms with Crippen LogP contribution in [0.15, 0.2) is 18.2 Å². The standard InChI is InChI=1S/C13H21NO5/c1-17-10-4-5-12(14-7-9(16)8-15)11(6-10)13(18-2)19-3/h4-6,9,13-16H,7-8H2,1-3H3. The summed E-state index contributed by atoms with van der Waals surface area (Å²) < 4.78 is 15.6. The maximum Gasteiger partial charge on any atom is 0.185 e. The van der Waals surface area contributed by atoms with Crippen LogP contribution in [0.1, 0.15) is 11.9 Å². The predicted octanol–water partition coefficient (Wildman–Crippen LogP) is 0.752. The van der Waals surface area contributed by atoms with Crippen molar-refractivity contribution in [2.75, 3.05) is 39.8 Å². The van der Waals surface area contributed by atoms with Crippen LogP contribution in [0.3, 0.4) is 0 Å². The fourth-order valence-electron chi connectivity index (χ4n) is 1.67. The summed E-state index contributed by atoms with van der Waals surface area (Å²) in [5, 5.41) is 21.2. The van der Waals surface area contributed by atoms with E-state index in [2.05, 4.69) is 5.32 Å². The third-order valence-electron chi connectivity index (χ3n) is 2.68. The summed E-state index contributed by atoms with van der Waals surface area (Å²) in [5.74, 6) is 0.683. The van der Waals surface area contributed by atoms with Crippen LogP contribution in [0.25, 0.3) is 0 Å². The Morgan fingerprint density at radius 3 is 2.42 bits per heavy atom. The minimum Gasteiger partial charge on any atom is -0.497 e. The SMILES string of the molecule is COc1ccc(NCC(O)CO)c(C(OC)OC)c1. The number of rotatable bonds is 8. The van der Waals surface area contributed by atoms with Gasteiger partial charge in [-0.15, -0.1) is 0 Å². The molecular formula is C13H21NO5. The molecule has 1 rings (SSSR count).